The van der Waals surface area contributed by atoms with Crippen molar-refractivity contribution in [3.8, 4) is 5.75 Å². The molecule has 6 nitrogen and oxygen atoms in total. The van der Waals surface area contributed by atoms with Gasteiger partial charge in [0.2, 0.25) is 5.95 Å². The van der Waals surface area contributed by atoms with Gasteiger partial charge in [0, 0.05) is 11.7 Å². The standard InChI is InChI=1S/C24H26F3N3O3/c1-14-10-17(13-23(2,3)12-14)30-20-11-15(21(31)32)4-9-19(20)29-22(30)28-16-5-7-18(8-6-16)33-24(25,26)27/h4-9,11,14,17H,10,12-13H2,1-3H3,(H,28,29)(H,31,32)/t14-,17-/m0/s1. The maximum Gasteiger partial charge on any atom is 0.573 e. The van der Waals surface area contributed by atoms with Gasteiger partial charge in [-0.1, -0.05) is 20.8 Å². The summed E-state index contributed by atoms with van der Waals surface area (Å²) in [6.07, 6.45) is -1.85. The molecule has 4 rings (SSSR count). The first kappa shape index (κ1) is 22.9. The van der Waals surface area contributed by atoms with Crippen LogP contribution in [0.1, 0.15) is 56.4 Å². The number of ether oxygens (including phenoxy) is 1. The van der Waals surface area contributed by atoms with E-state index in [9.17, 15) is 23.1 Å². The summed E-state index contributed by atoms with van der Waals surface area (Å²) < 4.78 is 43.4. The smallest absolute Gasteiger partial charge is 0.478 e. The molecule has 1 aromatic heterocycles. The Morgan fingerprint density at radius 3 is 2.48 bits per heavy atom. The molecular formula is C24H26F3N3O3. The van der Waals surface area contributed by atoms with Crippen molar-refractivity contribution in [2.45, 2.75) is 52.4 Å². The van der Waals surface area contributed by atoms with Crippen LogP contribution >= 0.6 is 0 Å². The van der Waals surface area contributed by atoms with Gasteiger partial charge in [0.05, 0.1) is 16.6 Å². The van der Waals surface area contributed by atoms with E-state index < -0.39 is 12.3 Å². The molecule has 2 aromatic carbocycles. The van der Waals surface area contributed by atoms with Crippen molar-refractivity contribution in [2.24, 2.45) is 11.3 Å². The van der Waals surface area contributed by atoms with E-state index in [-0.39, 0.29) is 22.8 Å². The summed E-state index contributed by atoms with van der Waals surface area (Å²) in [5.74, 6) is -0.329. The van der Waals surface area contributed by atoms with Gasteiger partial charge < -0.3 is 19.7 Å². The number of carbonyl (C=O) groups is 1. The molecule has 1 fully saturated rings. The van der Waals surface area contributed by atoms with E-state index in [4.69, 9.17) is 0 Å². The number of aromatic carboxylic acids is 1. The molecule has 33 heavy (non-hydrogen) atoms. The molecule has 0 unspecified atom stereocenters. The number of halogens is 3. The molecule has 1 heterocycles. The number of imidazole rings is 1. The first-order valence-electron chi connectivity index (χ1n) is 10.8. The summed E-state index contributed by atoms with van der Waals surface area (Å²) in [5, 5.41) is 12.7. The third-order valence-corrected chi connectivity index (χ3v) is 6.01. The fraction of sp³-hybridized carbons (Fsp3) is 0.417. The Hall–Kier alpha value is -3.23. The fourth-order valence-electron chi connectivity index (χ4n) is 5.05. The Morgan fingerprint density at radius 1 is 1.18 bits per heavy atom. The number of benzene rings is 2. The molecule has 1 saturated carbocycles. The summed E-state index contributed by atoms with van der Waals surface area (Å²) in [6, 6.07) is 10.4. The van der Waals surface area contributed by atoms with Gasteiger partial charge in [0.15, 0.2) is 0 Å². The van der Waals surface area contributed by atoms with Crippen molar-refractivity contribution in [2.75, 3.05) is 5.32 Å². The summed E-state index contributed by atoms with van der Waals surface area (Å²) in [5.41, 5.74) is 2.19. The fourth-order valence-corrected chi connectivity index (χ4v) is 5.05. The van der Waals surface area contributed by atoms with Crippen LogP contribution in [0.5, 0.6) is 5.75 Å². The number of anilines is 2. The monoisotopic (exact) mass is 461 g/mol. The number of carboxylic acid groups (broad SMARTS) is 1. The third-order valence-electron chi connectivity index (χ3n) is 6.01. The second-order valence-electron chi connectivity index (χ2n) is 9.58. The maximum absolute atomic E-state index is 12.5. The Kier molecular flexibility index (Phi) is 5.76. The average molecular weight is 461 g/mol. The largest absolute Gasteiger partial charge is 0.573 e. The molecule has 1 aliphatic rings. The van der Waals surface area contributed by atoms with Crippen molar-refractivity contribution >= 4 is 28.6 Å². The van der Waals surface area contributed by atoms with Crippen molar-refractivity contribution in [3.05, 3.63) is 48.0 Å². The maximum atomic E-state index is 12.5. The molecule has 176 valence electrons. The number of aromatic nitrogens is 2. The number of hydrogen-bond donors (Lipinski definition) is 2. The van der Waals surface area contributed by atoms with Crippen LogP contribution in [-0.2, 0) is 0 Å². The van der Waals surface area contributed by atoms with Gasteiger partial charge >= 0.3 is 12.3 Å². The Morgan fingerprint density at radius 2 is 1.88 bits per heavy atom. The van der Waals surface area contributed by atoms with Gasteiger partial charge in [-0.15, -0.1) is 13.2 Å². The SMILES string of the molecule is C[C@H]1C[C@H](n2c(Nc3ccc(OC(F)(F)F)cc3)nc3ccc(C(=O)O)cc32)CC(C)(C)C1. The van der Waals surface area contributed by atoms with Crippen LogP contribution in [0, 0.1) is 11.3 Å². The molecule has 2 N–H and O–H groups in total. The van der Waals surface area contributed by atoms with Crippen LogP contribution < -0.4 is 10.1 Å². The number of alkyl halides is 3. The topological polar surface area (TPSA) is 76.4 Å². The van der Waals surface area contributed by atoms with Crippen molar-refractivity contribution in [3.63, 3.8) is 0 Å². The number of fused-ring (bicyclic) bond motifs is 1. The first-order valence-corrected chi connectivity index (χ1v) is 10.8. The highest BCUT2D eigenvalue weighted by Gasteiger charge is 2.35. The quantitative estimate of drug-likeness (QED) is 0.439. The molecule has 1 aliphatic carbocycles. The lowest BCUT2D eigenvalue weighted by Crippen LogP contribution is -2.29. The van der Waals surface area contributed by atoms with Gasteiger partial charge in [-0.05, 0) is 73.1 Å². The number of carboxylic acids is 1. The van der Waals surface area contributed by atoms with Crippen LogP contribution in [0.15, 0.2) is 42.5 Å². The number of hydrogen-bond acceptors (Lipinski definition) is 4. The Balaban J connectivity index is 1.74. The summed E-state index contributed by atoms with van der Waals surface area (Å²) >= 11 is 0. The minimum atomic E-state index is -4.75. The first-order chi connectivity index (χ1) is 15.4. The molecule has 0 bridgehead atoms. The van der Waals surface area contributed by atoms with Crippen LogP contribution in [0.3, 0.4) is 0 Å². The molecular weight excluding hydrogens is 435 g/mol. The van der Waals surface area contributed by atoms with Gasteiger partial charge in [0.25, 0.3) is 0 Å². The normalized spacial score (nSPS) is 20.5. The molecule has 0 aliphatic heterocycles. The number of rotatable bonds is 5. The lowest BCUT2D eigenvalue weighted by atomic mass is 9.70. The van der Waals surface area contributed by atoms with Crippen molar-refractivity contribution in [1.29, 1.82) is 0 Å². The molecule has 0 saturated heterocycles. The highest BCUT2D eigenvalue weighted by atomic mass is 19.4. The summed E-state index contributed by atoms with van der Waals surface area (Å²) in [4.78, 5) is 16.3. The van der Waals surface area contributed by atoms with E-state index in [1.165, 1.54) is 30.3 Å². The Bertz CT molecular complexity index is 1170. The lowest BCUT2D eigenvalue weighted by molar-refractivity contribution is -0.274. The predicted molar refractivity (Wildman–Crippen MR) is 119 cm³/mol. The predicted octanol–water partition coefficient (Wildman–Crippen LogP) is 6.76. The lowest BCUT2D eigenvalue weighted by Gasteiger charge is -2.40. The van der Waals surface area contributed by atoms with E-state index in [0.29, 0.717) is 28.6 Å². The van der Waals surface area contributed by atoms with Crippen molar-refractivity contribution < 1.29 is 27.8 Å². The Labute approximate surface area is 189 Å². The van der Waals surface area contributed by atoms with E-state index in [1.807, 2.05) is 4.57 Å². The van der Waals surface area contributed by atoms with Gasteiger partial charge in [-0.25, -0.2) is 9.78 Å². The van der Waals surface area contributed by atoms with Gasteiger partial charge in [-0.2, -0.15) is 0 Å². The molecule has 0 spiro atoms. The molecule has 2 atom stereocenters. The highest BCUT2D eigenvalue weighted by molar-refractivity contribution is 5.93. The van der Waals surface area contributed by atoms with E-state index in [0.717, 1.165) is 19.3 Å². The third kappa shape index (κ3) is 5.23. The van der Waals surface area contributed by atoms with E-state index >= 15 is 0 Å². The van der Waals surface area contributed by atoms with Gasteiger partial charge in [0.1, 0.15) is 5.75 Å². The highest BCUT2D eigenvalue weighted by Crippen LogP contribution is 2.46. The van der Waals surface area contributed by atoms with Crippen LogP contribution in [0.25, 0.3) is 11.0 Å². The minimum absolute atomic E-state index is 0.0909. The average Bonchev–Trinajstić information content (AvgIpc) is 3.03. The number of nitrogens with zero attached hydrogens (tertiary/aromatic N) is 2. The summed E-state index contributed by atoms with van der Waals surface area (Å²) in [6.45, 7) is 6.66. The van der Waals surface area contributed by atoms with E-state index in [1.54, 1.807) is 12.1 Å². The second-order valence-corrected chi connectivity index (χ2v) is 9.58. The zero-order valence-corrected chi connectivity index (χ0v) is 18.6. The van der Waals surface area contributed by atoms with E-state index in [2.05, 4.69) is 35.8 Å². The van der Waals surface area contributed by atoms with Crippen LogP contribution in [0.4, 0.5) is 24.8 Å². The van der Waals surface area contributed by atoms with Crippen LogP contribution in [0.2, 0.25) is 0 Å². The molecule has 0 amide bonds. The van der Waals surface area contributed by atoms with Gasteiger partial charge in [-0.3, -0.25) is 0 Å². The van der Waals surface area contributed by atoms with Crippen LogP contribution in [-0.4, -0.2) is 27.0 Å². The zero-order valence-electron chi connectivity index (χ0n) is 18.6. The zero-order chi connectivity index (χ0) is 24.0. The van der Waals surface area contributed by atoms with Crippen molar-refractivity contribution in [1.82, 2.24) is 9.55 Å². The molecule has 0 radical (unpaired) electrons. The summed E-state index contributed by atoms with van der Waals surface area (Å²) in [7, 11) is 0. The second kappa shape index (κ2) is 8.28. The minimum Gasteiger partial charge on any atom is -0.478 e. The molecule has 9 heteroatoms. The number of nitrogens with one attached hydrogen (secondary N) is 1. The molecule has 3 aromatic rings.